The first-order valence-corrected chi connectivity index (χ1v) is 9.02. The zero-order chi connectivity index (χ0) is 19.3. The molecule has 3 heterocycles. The van der Waals surface area contributed by atoms with E-state index in [4.69, 9.17) is 4.42 Å². The molecule has 0 spiro atoms. The van der Waals surface area contributed by atoms with Gasteiger partial charge in [-0.15, -0.1) is 0 Å². The number of imidazole rings is 1. The summed E-state index contributed by atoms with van der Waals surface area (Å²) in [5, 5.41) is 9.32. The summed E-state index contributed by atoms with van der Waals surface area (Å²) in [7, 11) is 0. The van der Waals surface area contributed by atoms with Crippen LogP contribution in [0.4, 0.5) is 0 Å². The SMILES string of the molecule is O=C(c1cnc2c(c1)ncn2Cc1ccccc1)N(CCO)Cc1ccco1. The fraction of sp³-hybridized carbons (Fsp3) is 0.190. The van der Waals surface area contributed by atoms with E-state index in [-0.39, 0.29) is 25.6 Å². The first-order valence-electron chi connectivity index (χ1n) is 9.02. The van der Waals surface area contributed by atoms with E-state index in [1.54, 1.807) is 37.0 Å². The van der Waals surface area contributed by atoms with Gasteiger partial charge >= 0.3 is 0 Å². The number of aromatic nitrogens is 3. The van der Waals surface area contributed by atoms with Crippen LogP contribution in [0.25, 0.3) is 11.2 Å². The van der Waals surface area contributed by atoms with Gasteiger partial charge in [-0.1, -0.05) is 30.3 Å². The molecular formula is C21H20N4O3. The van der Waals surface area contributed by atoms with Crippen molar-refractivity contribution in [2.45, 2.75) is 13.1 Å². The number of nitrogens with zero attached hydrogens (tertiary/aromatic N) is 4. The summed E-state index contributed by atoms with van der Waals surface area (Å²) >= 11 is 0. The number of carbonyl (C=O) groups excluding carboxylic acids is 1. The van der Waals surface area contributed by atoms with E-state index in [0.717, 1.165) is 11.2 Å². The van der Waals surface area contributed by atoms with Crippen molar-refractivity contribution >= 4 is 17.1 Å². The number of aliphatic hydroxyl groups is 1. The number of rotatable bonds is 7. The third-order valence-electron chi connectivity index (χ3n) is 4.48. The van der Waals surface area contributed by atoms with Crippen LogP contribution in [0.15, 0.2) is 71.7 Å². The molecule has 142 valence electrons. The van der Waals surface area contributed by atoms with E-state index >= 15 is 0 Å². The van der Waals surface area contributed by atoms with Crippen LogP contribution in [0.1, 0.15) is 21.7 Å². The molecule has 7 heteroatoms. The van der Waals surface area contributed by atoms with E-state index in [1.165, 1.54) is 4.90 Å². The predicted molar refractivity (Wildman–Crippen MR) is 104 cm³/mol. The minimum Gasteiger partial charge on any atom is -0.467 e. The molecule has 0 aliphatic carbocycles. The topological polar surface area (TPSA) is 84.4 Å². The highest BCUT2D eigenvalue weighted by molar-refractivity contribution is 5.96. The first kappa shape index (κ1) is 17.9. The second-order valence-corrected chi connectivity index (χ2v) is 6.45. The first-order chi connectivity index (χ1) is 13.7. The van der Waals surface area contributed by atoms with E-state index in [1.807, 2.05) is 34.9 Å². The molecule has 0 radical (unpaired) electrons. The van der Waals surface area contributed by atoms with Crippen molar-refractivity contribution in [2.24, 2.45) is 0 Å². The number of amides is 1. The monoisotopic (exact) mass is 376 g/mol. The Morgan fingerprint density at radius 3 is 2.75 bits per heavy atom. The highest BCUT2D eigenvalue weighted by atomic mass is 16.3. The Hall–Kier alpha value is -3.45. The Balaban J connectivity index is 1.57. The molecule has 1 aromatic carbocycles. The van der Waals surface area contributed by atoms with E-state index in [2.05, 4.69) is 9.97 Å². The van der Waals surface area contributed by atoms with E-state index < -0.39 is 0 Å². The van der Waals surface area contributed by atoms with Crippen LogP contribution >= 0.6 is 0 Å². The Bertz CT molecular complexity index is 1060. The maximum atomic E-state index is 12.9. The highest BCUT2D eigenvalue weighted by Crippen LogP contribution is 2.16. The smallest absolute Gasteiger partial charge is 0.255 e. The normalized spacial score (nSPS) is 11.0. The van der Waals surface area contributed by atoms with Crippen molar-refractivity contribution in [3.8, 4) is 0 Å². The van der Waals surface area contributed by atoms with Crippen molar-refractivity contribution in [1.29, 1.82) is 0 Å². The van der Waals surface area contributed by atoms with Crippen LogP contribution in [0, 0.1) is 0 Å². The molecule has 7 nitrogen and oxygen atoms in total. The Labute approximate surface area is 161 Å². The molecule has 1 N–H and O–H groups in total. The summed E-state index contributed by atoms with van der Waals surface area (Å²) in [4.78, 5) is 23.3. The van der Waals surface area contributed by atoms with Crippen molar-refractivity contribution in [3.63, 3.8) is 0 Å². The lowest BCUT2D eigenvalue weighted by atomic mass is 10.2. The molecule has 0 saturated carbocycles. The van der Waals surface area contributed by atoms with Crippen molar-refractivity contribution < 1.29 is 14.3 Å². The van der Waals surface area contributed by atoms with Crippen LogP contribution in [0.2, 0.25) is 0 Å². The van der Waals surface area contributed by atoms with Gasteiger partial charge in [-0.2, -0.15) is 0 Å². The van der Waals surface area contributed by atoms with Crippen LogP contribution < -0.4 is 0 Å². The molecule has 1 amide bonds. The Morgan fingerprint density at radius 1 is 1.14 bits per heavy atom. The summed E-state index contributed by atoms with van der Waals surface area (Å²) < 4.78 is 7.27. The molecule has 0 aliphatic heterocycles. The molecule has 0 aliphatic rings. The molecular weight excluding hydrogens is 356 g/mol. The summed E-state index contributed by atoms with van der Waals surface area (Å²) in [6.07, 6.45) is 4.84. The van der Waals surface area contributed by atoms with Crippen LogP contribution in [-0.4, -0.2) is 43.6 Å². The van der Waals surface area contributed by atoms with Crippen molar-refractivity contribution in [2.75, 3.05) is 13.2 Å². The number of carbonyl (C=O) groups is 1. The Kier molecular flexibility index (Phi) is 5.16. The van der Waals surface area contributed by atoms with E-state index in [0.29, 0.717) is 23.4 Å². The number of furan rings is 1. The van der Waals surface area contributed by atoms with Gasteiger partial charge in [0.05, 0.1) is 37.9 Å². The molecule has 28 heavy (non-hydrogen) atoms. The summed E-state index contributed by atoms with van der Waals surface area (Å²) in [5.41, 5.74) is 2.96. The zero-order valence-electron chi connectivity index (χ0n) is 15.2. The van der Waals surface area contributed by atoms with Crippen molar-refractivity contribution in [1.82, 2.24) is 19.4 Å². The average molecular weight is 376 g/mol. The minimum absolute atomic E-state index is 0.131. The van der Waals surface area contributed by atoms with Crippen LogP contribution in [0.5, 0.6) is 0 Å². The van der Waals surface area contributed by atoms with Gasteiger partial charge in [0.25, 0.3) is 5.91 Å². The molecule has 0 saturated heterocycles. The number of fused-ring (bicyclic) bond motifs is 1. The number of benzene rings is 1. The molecule has 4 aromatic rings. The lowest BCUT2D eigenvalue weighted by Crippen LogP contribution is -2.33. The van der Waals surface area contributed by atoms with Crippen LogP contribution in [0.3, 0.4) is 0 Å². The number of aliphatic hydroxyl groups excluding tert-OH is 1. The van der Waals surface area contributed by atoms with Gasteiger partial charge < -0.3 is 19.0 Å². The lowest BCUT2D eigenvalue weighted by molar-refractivity contribution is 0.0694. The Morgan fingerprint density at radius 2 is 2.00 bits per heavy atom. The second-order valence-electron chi connectivity index (χ2n) is 6.45. The van der Waals surface area contributed by atoms with Gasteiger partial charge in [-0.05, 0) is 23.8 Å². The third-order valence-corrected chi connectivity index (χ3v) is 4.48. The van der Waals surface area contributed by atoms with Gasteiger partial charge in [0.2, 0.25) is 0 Å². The molecule has 0 atom stereocenters. The number of hydrogen-bond acceptors (Lipinski definition) is 5. The minimum atomic E-state index is -0.225. The maximum absolute atomic E-state index is 12.9. The number of pyridine rings is 1. The third kappa shape index (κ3) is 3.79. The fourth-order valence-corrected chi connectivity index (χ4v) is 3.11. The predicted octanol–water partition coefficient (Wildman–Crippen LogP) is 2.71. The molecule has 0 bridgehead atoms. The van der Waals surface area contributed by atoms with Crippen LogP contribution in [-0.2, 0) is 13.1 Å². The zero-order valence-corrected chi connectivity index (χ0v) is 15.2. The van der Waals surface area contributed by atoms with Gasteiger partial charge in [-0.25, -0.2) is 9.97 Å². The average Bonchev–Trinajstić information content (AvgIpc) is 3.38. The molecule has 3 aromatic heterocycles. The molecule has 4 rings (SSSR count). The number of hydrogen-bond donors (Lipinski definition) is 1. The van der Waals surface area contributed by atoms with Crippen molar-refractivity contribution in [3.05, 3.63) is 84.2 Å². The summed E-state index contributed by atoms with van der Waals surface area (Å²) in [5.74, 6) is 0.431. The summed E-state index contributed by atoms with van der Waals surface area (Å²) in [6, 6.07) is 15.4. The van der Waals surface area contributed by atoms with Gasteiger partial charge in [0, 0.05) is 12.7 Å². The maximum Gasteiger partial charge on any atom is 0.255 e. The second kappa shape index (κ2) is 8.06. The van der Waals surface area contributed by atoms with Gasteiger partial charge in [0.15, 0.2) is 5.65 Å². The van der Waals surface area contributed by atoms with Gasteiger partial charge in [0.1, 0.15) is 11.3 Å². The quantitative estimate of drug-likeness (QED) is 0.536. The van der Waals surface area contributed by atoms with Gasteiger partial charge in [-0.3, -0.25) is 4.79 Å². The fourth-order valence-electron chi connectivity index (χ4n) is 3.11. The standard InChI is InChI=1S/C21H20N4O3/c26-9-8-24(14-18-7-4-10-28-18)21(27)17-11-19-20(22-12-17)25(15-23-19)13-16-5-2-1-3-6-16/h1-7,10-12,15,26H,8-9,13-14H2. The largest absolute Gasteiger partial charge is 0.467 e. The highest BCUT2D eigenvalue weighted by Gasteiger charge is 2.18. The lowest BCUT2D eigenvalue weighted by Gasteiger charge is -2.20. The van der Waals surface area contributed by atoms with E-state index in [9.17, 15) is 9.90 Å². The summed E-state index contributed by atoms with van der Waals surface area (Å²) in [6.45, 7) is 1.02. The molecule has 0 unspecified atom stereocenters. The molecule has 0 fully saturated rings.